The predicted molar refractivity (Wildman–Crippen MR) is 67.7 cm³/mol. The lowest BCUT2D eigenvalue weighted by Crippen LogP contribution is -2.58. The quantitative estimate of drug-likeness (QED) is 0.561. The Labute approximate surface area is 126 Å². The molecular formula is C13H12ClN2O4S+. The highest BCUT2D eigenvalue weighted by molar-refractivity contribution is 7.14. The monoisotopic (exact) mass is 327 g/mol. The Bertz CT molecular complexity index is 722. The standard InChI is InChI=1S/C13H11N2S.ClHO4/c1-10-9-12(11-5-3-2-4-6-11)15-7-8-16-13(15)14-10;2-1(3,4)5/h2-9H,1H3;(H,2,3,4,5)/q+1;. The first-order chi connectivity index (χ1) is 9.84. The van der Waals surface area contributed by atoms with E-state index in [1.165, 1.54) is 11.3 Å². The van der Waals surface area contributed by atoms with Crippen molar-refractivity contribution < 1.29 is 33.3 Å². The summed E-state index contributed by atoms with van der Waals surface area (Å²) in [7, 11) is -4.69. The van der Waals surface area contributed by atoms with E-state index in [0.717, 1.165) is 10.7 Å². The smallest absolute Gasteiger partial charge is 0.186 e. The van der Waals surface area contributed by atoms with Gasteiger partial charge in [-0.05, 0) is 4.98 Å². The molecular weight excluding hydrogens is 316 g/mol. The molecule has 6 nitrogen and oxygen atoms in total. The number of fused-ring (bicyclic) bond motifs is 1. The fourth-order valence-corrected chi connectivity index (χ4v) is 2.59. The van der Waals surface area contributed by atoms with Gasteiger partial charge in [0.05, 0.1) is 14.9 Å². The van der Waals surface area contributed by atoms with E-state index in [-0.39, 0.29) is 0 Å². The Morgan fingerprint density at radius 2 is 1.81 bits per heavy atom. The number of thiazole rings is 1. The number of aromatic nitrogens is 2. The van der Waals surface area contributed by atoms with Gasteiger partial charge in [-0.2, -0.15) is 18.4 Å². The van der Waals surface area contributed by atoms with Gasteiger partial charge in [-0.3, -0.25) is 0 Å². The molecule has 0 atom stereocenters. The molecule has 3 rings (SSSR count). The number of hydrogen-bond acceptors (Lipinski definition) is 6. The molecule has 2 heterocycles. The minimum absolute atomic E-state index is 1.04. The minimum atomic E-state index is -4.69. The molecule has 2 aromatic heterocycles. The van der Waals surface area contributed by atoms with Crippen molar-refractivity contribution >= 4 is 16.3 Å². The van der Waals surface area contributed by atoms with Crippen LogP contribution < -0.4 is 18.4 Å². The third kappa shape index (κ3) is 4.71. The molecule has 110 valence electrons. The first-order valence-electron chi connectivity index (χ1n) is 5.80. The number of benzene rings is 1. The third-order valence-electron chi connectivity index (χ3n) is 2.54. The summed E-state index contributed by atoms with van der Waals surface area (Å²) in [5.41, 5.74) is 3.48. The molecule has 0 radical (unpaired) electrons. The van der Waals surface area contributed by atoms with Gasteiger partial charge in [-0.15, -0.1) is 0 Å². The van der Waals surface area contributed by atoms with Gasteiger partial charge in [-0.1, -0.05) is 41.7 Å². The zero-order valence-electron chi connectivity index (χ0n) is 11.0. The van der Waals surface area contributed by atoms with Crippen molar-refractivity contribution in [2.45, 2.75) is 6.92 Å². The summed E-state index contributed by atoms with van der Waals surface area (Å²) >= 11 is 1.66. The van der Waals surface area contributed by atoms with E-state index in [4.69, 9.17) is 18.6 Å². The maximum absolute atomic E-state index is 8.60. The van der Waals surface area contributed by atoms with Crippen molar-refractivity contribution in [1.29, 1.82) is 0 Å². The third-order valence-corrected chi connectivity index (χ3v) is 3.29. The normalized spacial score (nSPS) is 11.1. The number of hydrogen-bond donors (Lipinski definition) is 1. The molecule has 0 aliphatic carbocycles. The van der Waals surface area contributed by atoms with Crippen LogP contribution in [0.15, 0.2) is 48.0 Å². The molecule has 1 aromatic carbocycles. The highest BCUT2D eigenvalue weighted by Crippen LogP contribution is 2.17. The Hall–Kier alpha value is -1.61. The highest BCUT2D eigenvalue weighted by atomic mass is 35.7. The summed E-state index contributed by atoms with van der Waals surface area (Å²) in [5.74, 6) is 0. The SMILES string of the molecule is Cc1cc(-c2ccccc2)[n+]2ccsc2n1.[O-][Cl+3]([O-])([O-])O. The molecule has 0 amide bonds. The number of aryl methyl sites for hydroxylation is 1. The second-order valence-corrected chi connectivity index (χ2v) is 5.77. The summed E-state index contributed by atoms with van der Waals surface area (Å²) in [4.78, 5) is 5.54. The van der Waals surface area contributed by atoms with Crippen molar-refractivity contribution in [3.8, 4) is 11.3 Å². The lowest BCUT2D eigenvalue weighted by Gasteiger charge is -2.03. The molecule has 0 fully saturated rings. The average molecular weight is 328 g/mol. The maximum Gasteiger partial charge on any atom is 0.387 e. The zero-order chi connectivity index (χ0) is 15.5. The largest absolute Gasteiger partial charge is 0.387 e. The fraction of sp³-hybridized carbons (Fsp3) is 0.0769. The van der Waals surface area contributed by atoms with Gasteiger partial charge in [0.1, 0.15) is 11.9 Å². The maximum atomic E-state index is 8.60. The van der Waals surface area contributed by atoms with Crippen LogP contribution in [0.2, 0.25) is 0 Å². The van der Waals surface area contributed by atoms with E-state index in [2.05, 4.69) is 51.3 Å². The Kier molecular flexibility index (Phi) is 4.84. The zero-order valence-corrected chi connectivity index (χ0v) is 12.5. The van der Waals surface area contributed by atoms with Gasteiger partial charge in [0, 0.05) is 23.9 Å². The van der Waals surface area contributed by atoms with Crippen LogP contribution in [0.3, 0.4) is 0 Å². The highest BCUT2D eigenvalue weighted by Gasteiger charge is 2.14. The molecule has 21 heavy (non-hydrogen) atoms. The van der Waals surface area contributed by atoms with Crippen LogP contribution in [0.4, 0.5) is 0 Å². The minimum Gasteiger partial charge on any atom is -0.186 e. The molecule has 0 saturated heterocycles. The van der Waals surface area contributed by atoms with Crippen molar-refractivity contribution in [3.63, 3.8) is 0 Å². The number of halogens is 1. The first kappa shape index (κ1) is 15.8. The number of rotatable bonds is 1. The molecule has 3 aromatic rings. The topological polar surface area (TPSA) is 106 Å². The molecule has 1 N–H and O–H groups in total. The van der Waals surface area contributed by atoms with Gasteiger partial charge in [0.25, 0.3) is 0 Å². The van der Waals surface area contributed by atoms with Crippen LogP contribution in [-0.4, -0.2) is 9.64 Å². The van der Waals surface area contributed by atoms with Crippen molar-refractivity contribution in [2.75, 3.05) is 0 Å². The second-order valence-electron chi connectivity index (χ2n) is 4.10. The van der Waals surface area contributed by atoms with Crippen molar-refractivity contribution in [3.05, 3.63) is 53.7 Å². The van der Waals surface area contributed by atoms with Gasteiger partial charge in [0.15, 0.2) is 5.69 Å². The predicted octanol–water partition coefficient (Wildman–Crippen LogP) is -1.27. The van der Waals surface area contributed by atoms with Crippen LogP contribution in [0.1, 0.15) is 5.69 Å². The summed E-state index contributed by atoms with van der Waals surface area (Å²) in [5, 5.41) is 2.06. The Morgan fingerprint density at radius 3 is 2.43 bits per heavy atom. The van der Waals surface area contributed by atoms with Crippen molar-refractivity contribution in [2.24, 2.45) is 0 Å². The molecule has 0 unspecified atom stereocenters. The van der Waals surface area contributed by atoms with Crippen LogP contribution in [0.25, 0.3) is 16.2 Å². The van der Waals surface area contributed by atoms with Crippen LogP contribution >= 0.6 is 11.3 Å². The van der Waals surface area contributed by atoms with Gasteiger partial charge in [0.2, 0.25) is 0 Å². The van der Waals surface area contributed by atoms with Crippen LogP contribution in [-0.2, 0) is 0 Å². The van der Waals surface area contributed by atoms with Crippen LogP contribution in [0, 0.1) is 17.2 Å². The Morgan fingerprint density at radius 1 is 1.19 bits per heavy atom. The van der Waals surface area contributed by atoms with E-state index in [1.807, 2.05) is 13.0 Å². The molecule has 0 saturated carbocycles. The average Bonchev–Trinajstić information content (AvgIpc) is 2.85. The van der Waals surface area contributed by atoms with Gasteiger partial charge >= 0.3 is 4.96 Å². The summed E-state index contributed by atoms with van der Waals surface area (Å²) in [6, 6.07) is 12.5. The lowest BCUT2D eigenvalue weighted by atomic mass is 10.1. The van der Waals surface area contributed by atoms with E-state index in [1.54, 1.807) is 11.3 Å². The molecule has 0 spiro atoms. The van der Waals surface area contributed by atoms with Gasteiger partial charge < -0.3 is 0 Å². The van der Waals surface area contributed by atoms with E-state index < -0.39 is 10.2 Å². The van der Waals surface area contributed by atoms with Gasteiger partial charge in [-0.25, -0.2) is 0 Å². The molecule has 8 heteroatoms. The number of nitrogens with zero attached hydrogens (tertiary/aromatic N) is 2. The fourth-order valence-electron chi connectivity index (χ4n) is 1.82. The lowest BCUT2D eigenvalue weighted by molar-refractivity contribution is -1.92. The molecule has 0 bridgehead atoms. The van der Waals surface area contributed by atoms with Crippen molar-refractivity contribution in [1.82, 2.24) is 4.98 Å². The second kappa shape index (κ2) is 6.44. The van der Waals surface area contributed by atoms with E-state index >= 15 is 0 Å². The van der Waals surface area contributed by atoms with Crippen LogP contribution in [0.5, 0.6) is 0 Å². The first-order valence-corrected chi connectivity index (χ1v) is 7.94. The van der Waals surface area contributed by atoms with E-state index in [0.29, 0.717) is 0 Å². The van der Waals surface area contributed by atoms with E-state index in [9.17, 15) is 0 Å². The molecule has 0 aliphatic rings. The molecule has 0 aliphatic heterocycles. The summed E-state index contributed by atoms with van der Waals surface area (Å²) in [6.07, 6.45) is 2.06. The Balaban J connectivity index is 0.000000282. The summed E-state index contributed by atoms with van der Waals surface area (Å²) in [6.45, 7) is 2.03. The summed E-state index contributed by atoms with van der Waals surface area (Å²) < 4.78 is 34.9.